The number of nitrogens with zero attached hydrogens (tertiary/aromatic N) is 2. The molecule has 2 heterocycles. The fourth-order valence-corrected chi connectivity index (χ4v) is 3.40. The summed E-state index contributed by atoms with van der Waals surface area (Å²) in [4.78, 5) is 7.24. The standard InChI is InChI=1S/C17H20ClN3/c1-21-8-7-16-14(10-21)13(9-19-11-5-6-11)12-3-2-4-15(18)17(12)20-16/h2-4,11,19H,5-10H2,1H3. The molecular formula is C17H20ClN3. The number of benzene rings is 1. The average Bonchev–Trinajstić information content (AvgIpc) is 3.29. The molecule has 0 atom stereocenters. The first kappa shape index (κ1) is 13.5. The van der Waals surface area contributed by atoms with Crippen molar-refractivity contribution in [2.24, 2.45) is 0 Å². The van der Waals surface area contributed by atoms with E-state index in [1.165, 1.54) is 35.0 Å². The Morgan fingerprint density at radius 2 is 2.24 bits per heavy atom. The lowest BCUT2D eigenvalue weighted by molar-refractivity contribution is 0.308. The third kappa shape index (κ3) is 2.54. The van der Waals surface area contributed by atoms with Gasteiger partial charge in [0.1, 0.15) is 0 Å². The van der Waals surface area contributed by atoms with E-state index >= 15 is 0 Å². The number of hydrogen-bond donors (Lipinski definition) is 1. The highest BCUT2D eigenvalue weighted by molar-refractivity contribution is 6.35. The number of halogens is 1. The molecule has 2 aromatic rings. The van der Waals surface area contributed by atoms with Gasteiger partial charge in [-0.25, -0.2) is 0 Å². The van der Waals surface area contributed by atoms with E-state index in [9.17, 15) is 0 Å². The van der Waals surface area contributed by atoms with Crippen LogP contribution in [-0.2, 0) is 19.5 Å². The number of pyridine rings is 1. The quantitative estimate of drug-likeness (QED) is 0.944. The highest BCUT2D eigenvalue weighted by atomic mass is 35.5. The van der Waals surface area contributed by atoms with Gasteiger partial charge >= 0.3 is 0 Å². The normalized spacial score (nSPS) is 19.0. The second-order valence-electron chi connectivity index (χ2n) is 6.29. The molecule has 21 heavy (non-hydrogen) atoms. The fourth-order valence-electron chi connectivity index (χ4n) is 3.19. The molecule has 4 rings (SSSR count). The summed E-state index contributed by atoms with van der Waals surface area (Å²) in [7, 11) is 2.18. The summed E-state index contributed by atoms with van der Waals surface area (Å²) >= 11 is 6.38. The smallest absolute Gasteiger partial charge is 0.0894 e. The predicted molar refractivity (Wildman–Crippen MR) is 86.7 cm³/mol. The number of fused-ring (bicyclic) bond motifs is 2. The molecule has 1 aliphatic carbocycles. The highest BCUT2D eigenvalue weighted by Crippen LogP contribution is 2.31. The summed E-state index contributed by atoms with van der Waals surface area (Å²) < 4.78 is 0. The number of hydrogen-bond acceptors (Lipinski definition) is 3. The van der Waals surface area contributed by atoms with Crippen LogP contribution in [0.2, 0.25) is 5.02 Å². The Morgan fingerprint density at radius 3 is 3.05 bits per heavy atom. The molecule has 4 heteroatoms. The molecule has 0 spiro atoms. The summed E-state index contributed by atoms with van der Waals surface area (Å²) in [6.07, 6.45) is 3.64. The van der Waals surface area contributed by atoms with Crippen LogP contribution in [0.1, 0.15) is 29.7 Å². The van der Waals surface area contributed by atoms with Gasteiger partial charge in [-0.1, -0.05) is 23.7 Å². The molecule has 110 valence electrons. The molecule has 1 fully saturated rings. The Bertz CT molecular complexity index is 694. The van der Waals surface area contributed by atoms with Crippen molar-refractivity contribution in [2.75, 3.05) is 13.6 Å². The molecule has 0 bridgehead atoms. The predicted octanol–water partition coefficient (Wildman–Crippen LogP) is 3.13. The molecule has 1 saturated carbocycles. The first-order valence-electron chi connectivity index (χ1n) is 7.73. The SMILES string of the molecule is CN1CCc2nc3c(Cl)cccc3c(CNC3CC3)c2C1. The van der Waals surface area contributed by atoms with Crippen LogP contribution < -0.4 is 5.32 Å². The highest BCUT2D eigenvalue weighted by Gasteiger charge is 2.24. The molecule has 0 amide bonds. The van der Waals surface area contributed by atoms with E-state index in [-0.39, 0.29) is 0 Å². The van der Waals surface area contributed by atoms with Crippen LogP contribution in [0.5, 0.6) is 0 Å². The Kier molecular flexibility index (Phi) is 3.37. The van der Waals surface area contributed by atoms with Crippen molar-refractivity contribution in [3.8, 4) is 0 Å². The van der Waals surface area contributed by atoms with Crippen LogP contribution in [0.3, 0.4) is 0 Å². The maximum atomic E-state index is 6.38. The molecule has 0 unspecified atom stereocenters. The van der Waals surface area contributed by atoms with Gasteiger partial charge in [-0.3, -0.25) is 4.98 Å². The number of nitrogens with one attached hydrogen (secondary N) is 1. The lowest BCUT2D eigenvalue weighted by Gasteiger charge is -2.27. The van der Waals surface area contributed by atoms with Gasteiger partial charge in [-0.15, -0.1) is 0 Å². The number of likely N-dealkylation sites (N-methyl/N-ethyl adjacent to an activating group) is 1. The molecule has 0 radical (unpaired) electrons. The number of para-hydroxylation sites is 1. The van der Waals surface area contributed by atoms with Crippen molar-refractivity contribution in [3.05, 3.63) is 40.0 Å². The largest absolute Gasteiger partial charge is 0.310 e. The summed E-state index contributed by atoms with van der Waals surface area (Å²) in [5.41, 5.74) is 5.01. The van der Waals surface area contributed by atoms with Gasteiger partial charge < -0.3 is 10.2 Å². The molecule has 1 aliphatic heterocycles. The molecule has 2 aliphatic rings. The van der Waals surface area contributed by atoms with Gasteiger partial charge in [0.25, 0.3) is 0 Å². The van der Waals surface area contributed by atoms with Gasteiger partial charge in [0.05, 0.1) is 10.5 Å². The van der Waals surface area contributed by atoms with E-state index in [1.54, 1.807) is 0 Å². The van der Waals surface area contributed by atoms with Crippen LogP contribution in [0, 0.1) is 0 Å². The van der Waals surface area contributed by atoms with Gasteiger partial charge in [-0.05, 0) is 37.1 Å². The Balaban J connectivity index is 1.87. The van der Waals surface area contributed by atoms with Gasteiger partial charge in [0.2, 0.25) is 0 Å². The van der Waals surface area contributed by atoms with Gasteiger partial charge in [0, 0.05) is 43.2 Å². The fraction of sp³-hybridized carbons (Fsp3) is 0.471. The summed E-state index contributed by atoms with van der Waals surface area (Å²) in [5.74, 6) is 0. The second kappa shape index (κ2) is 5.24. The van der Waals surface area contributed by atoms with Crippen LogP contribution in [0.15, 0.2) is 18.2 Å². The number of aromatic nitrogens is 1. The first-order valence-corrected chi connectivity index (χ1v) is 8.11. The van der Waals surface area contributed by atoms with E-state index < -0.39 is 0 Å². The minimum absolute atomic E-state index is 0.712. The van der Waals surface area contributed by atoms with Crippen molar-refractivity contribution >= 4 is 22.5 Å². The van der Waals surface area contributed by atoms with Crippen molar-refractivity contribution in [2.45, 2.75) is 38.4 Å². The van der Waals surface area contributed by atoms with Crippen molar-refractivity contribution in [1.29, 1.82) is 0 Å². The average molecular weight is 302 g/mol. The maximum absolute atomic E-state index is 6.38. The molecule has 1 aromatic carbocycles. The Labute approximate surface area is 130 Å². The minimum Gasteiger partial charge on any atom is -0.310 e. The van der Waals surface area contributed by atoms with Gasteiger partial charge in [0.15, 0.2) is 0 Å². The zero-order chi connectivity index (χ0) is 14.4. The third-order valence-corrected chi connectivity index (χ3v) is 4.88. The van der Waals surface area contributed by atoms with Gasteiger partial charge in [-0.2, -0.15) is 0 Å². The Morgan fingerprint density at radius 1 is 1.38 bits per heavy atom. The molecule has 0 saturated heterocycles. The zero-order valence-electron chi connectivity index (χ0n) is 12.3. The summed E-state index contributed by atoms with van der Waals surface area (Å²) in [5, 5.41) is 5.64. The first-order chi connectivity index (χ1) is 10.2. The second-order valence-corrected chi connectivity index (χ2v) is 6.70. The molecule has 1 N–H and O–H groups in total. The summed E-state index contributed by atoms with van der Waals surface area (Å²) in [6.45, 7) is 3.00. The minimum atomic E-state index is 0.712. The van der Waals surface area contributed by atoms with Crippen LogP contribution in [0.4, 0.5) is 0 Å². The zero-order valence-corrected chi connectivity index (χ0v) is 13.1. The monoisotopic (exact) mass is 301 g/mol. The van der Waals surface area contributed by atoms with E-state index in [1.807, 2.05) is 12.1 Å². The van der Waals surface area contributed by atoms with Crippen LogP contribution in [-0.4, -0.2) is 29.5 Å². The molecule has 3 nitrogen and oxygen atoms in total. The number of rotatable bonds is 3. The van der Waals surface area contributed by atoms with Crippen molar-refractivity contribution in [1.82, 2.24) is 15.2 Å². The third-order valence-electron chi connectivity index (χ3n) is 4.57. The van der Waals surface area contributed by atoms with Crippen molar-refractivity contribution < 1.29 is 0 Å². The van der Waals surface area contributed by atoms with E-state index in [0.29, 0.717) is 6.04 Å². The van der Waals surface area contributed by atoms with E-state index in [4.69, 9.17) is 16.6 Å². The van der Waals surface area contributed by atoms with E-state index in [2.05, 4.69) is 23.3 Å². The summed E-state index contributed by atoms with van der Waals surface area (Å²) in [6, 6.07) is 6.85. The van der Waals surface area contributed by atoms with E-state index in [0.717, 1.165) is 36.6 Å². The lowest BCUT2D eigenvalue weighted by Crippen LogP contribution is -2.29. The topological polar surface area (TPSA) is 28.2 Å². The maximum Gasteiger partial charge on any atom is 0.0894 e. The lowest BCUT2D eigenvalue weighted by atomic mass is 9.96. The molecular weight excluding hydrogens is 282 g/mol. The van der Waals surface area contributed by atoms with Crippen LogP contribution >= 0.6 is 11.6 Å². The van der Waals surface area contributed by atoms with Crippen LogP contribution in [0.25, 0.3) is 10.9 Å². The molecule has 1 aromatic heterocycles. The van der Waals surface area contributed by atoms with Crippen molar-refractivity contribution in [3.63, 3.8) is 0 Å². The Hall–Kier alpha value is -1.16.